The van der Waals surface area contributed by atoms with E-state index in [0.29, 0.717) is 0 Å². The van der Waals surface area contributed by atoms with Gasteiger partial charge in [0.05, 0.1) is 0 Å². The van der Waals surface area contributed by atoms with Gasteiger partial charge in [0.2, 0.25) is 0 Å². The van der Waals surface area contributed by atoms with Crippen LogP contribution in [-0.2, 0) is 0 Å². The van der Waals surface area contributed by atoms with Crippen LogP contribution in [0.1, 0.15) is 20.3 Å². The van der Waals surface area contributed by atoms with Gasteiger partial charge in [-0.3, -0.25) is 0 Å². The van der Waals surface area contributed by atoms with Crippen molar-refractivity contribution in [3.05, 3.63) is 10.2 Å². The summed E-state index contributed by atoms with van der Waals surface area (Å²) in [7, 11) is 0. The summed E-state index contributed by atoms with van der Waals surface area (Å²) in [4.78, 5) is 0. The lowest BCUT2D eigenvalue weighted by atomic mass is 10.1. The minimum atomic E-state index is 0.768. The van der Waals surface area contributed by atoms with Crippen molar-refractivity contribution < 1.29 is 0 Å². The molecule has 42 valence electrons. The normalized spacial score (nSPS) is 9.71. The SMILES string of the molecule is C=C(I)CC(C)C. The summed E-state index contributed by atoms with van der Waals surface area (Å²) in [6, 6.07) is 0. The molecule has 0 aliphatic heterocycles. The fourth-order valence-corrected chi connectivity index (χ4v) is 1.32. The number of allylic oxidation sites excluding steroid dienone is 1. The Morgan fingerprint density at radius 3 is 2.14 bits per heavy atom. The Morgan fingerprint density at radius 2 is 2.14 bits per heavy atom. The van der Waals surface area contributed by atoms with Gasteiger partial charge in [0.15, 0.2) is 0 Å². The first-order chi connectivity index (χ1) is 3.13. The molecule has 0 unspecified atom stereocenters. The van der Waals surface area contributed by atoms with Crippen molar-refractivity contribution in [1.82, 2.24) is 0 Å². The maximum absolute atomic E-state index is 3.78. The molecule has 0 amide bonds. The van der Waals surface area contributed by atoms with Crippen LogP contribution in [0.4, 0.5) is 0 Å². The lowest BCUT2D eigenvalue weighted by Crippen LogP contribution is -1.82. The van der Waals surface area contributed by atoms with E-state index in [1.165, 1.54) is 3.58 Å². The Kier molecular flexibility index (Phi) is 3.70. The van der Waals surface area contributed by atoms with Crippen LogP contribution < -0.4 is 0 Å². The van der Waals surface area contributed by atoms with Crippen LogP contribution in [0.25, 0.3) is 0 Å². The van der Waals surface area contributed by atoms with Crippen molar-refractivity contribution in [3.8, 4) is 0 Å². The van der Waals surface area contributed by atoms with Gasteiger partial charge in [-0.05, 0) is 38.5 Å². The van der Waals surface area contributed by atoms with E-state index in [1.807, 2.05) is 0 Å². The molecule has 0 aromatic rings. The summed E-state index contributed by atoms with van der Waals surface area (Å²) in [6.07, 6.45) is 1.15. The van der Waals surface area contributed by atoms with Gasteiger partial charge < -0.3 is 0 Å². The Bertz CT molecular complexity index is 64.6. The zero-order valence-electron chi connectivity index (χ0n) is 4.87. The van der Waals surface area contributed by atoms with Crippen molar-refractivity contribution in [2.45, 2.75) is 20.3 Å². The molecule has 0 radical (unpaired) electrons. The minimum absolute atomic E-state index is 0.768. The molecule has 0 saturated heterocycles. The van der Waals surface area contributed by atoms with Gasteiger partial charge in [0, 0.05) is 0 Å². The van der Waals surface area contributed by atoms with E-state index in [2.05, 4.69) is 43.0 Å². The molecular weight excluding hydrogens is 199 g/mol. The highest BCUT2D eigenvalue weighted by Crippen LogP contribution is 2.13. The lowest BCUT2D eigenvalue weighted by molar-refractivity contribution is 0.662. The van der Waals surface area contributed by atoms with E-state index in [1.54, 1.807) is 0 Å². The van der Waals surface area contributed by atoms with Crippen molar-refractivity contribution in [1.29, 1.82) is 0 Å². The quantitative estimate of drug-likeness (QED) is 0.614. The molecule has 0 bridgehead atoms. The number of rotatable bonds is 2. The second kappa shape index (κ2) is 3.47. The predicted molar refractivity (Wildman–Crippen MR) is 42.6 cm³/mol. The van der Waals surface area contributed by atoms with Crippen LogP contribution in [0.2, 0.25) is 0 Å². The zero-order chi connectivity index (χ0) is 5.86. The molecule has 0 atom stereocenters. The second-order valence-electron chi connectivity index (χ2n) is 2.12. The fourth-order valence-electron chi connectivity index (χ4n) is 0.443. The standard InChI is InChI=1S/C6H11I/c1-5(2)4-6(3)7/h5H,3-4H2,1-2H3. The van der Waals surface area contributed by atoms with Gasteiger partial charge in [-0.1, -0.05) is 20.4 Å². The van der Waals surface area contributed by atoms with E-state index >= 15 is 0 Å². The minimum Gasteiger partial charge on any atom is -0.0897 e. The predicted octanol–water partition coefficient (Wildman–Crippen LogP) is 2.98. The average molecular weight is 210 g/mol. The van der Waals surface area contributed by atoms with Crippen LogP contribution in [0.15, 0.2) is 10.2 Å². The molecule has 0 aliphatic carbocycles. The first kappa shape index (κ1) is 7.47. The van der Waals surface area contributed by atoms with E-state index in [-0.39, 0.29) is 0 Å². The highest BCUT2D eigenvalue weighted by atomic mass is 127. The molecule has 0 saturated carbocycles. The van der Waals surface area contributed by atoms with Crippen LogP contribution in [0.3, 0.4) is 0 Å². The van der Waals surface area contributed by atoms with Gasteiger partial charge >= 0.3 is 0 Å². The van der Waals surface area contributed by atoms with Crippen molar-refractivity contribution in [2.24, 2.45) is 5.92 Å². The highest BCUT2D eigenvalue weighted by molar-refractivity contribution is 14.1. The van der Waals surface area contributed by atoms with E-state index < -0.39 is 0 Å². The third-order valence-electron chi connectivity index (χ3n) is 0.630. The van der Waals surface area contributed by atoms with Crippen molar-refractivity contribution in [3.63, 3.8) is 0 Å². The lowest BCUT2D eigenvalue weighted by Gasteiger charge is -1.98. The molecule has 0 rings (SSSR count). The summed E-state index contributed by atoms with van der Waals surface area (Å²) in [5.41, 5.74) is 0. The topological polar surface area (TPSA) is 0 Å². The summed E-state index contributed by atoms with van der Waals surface area (Å²) in [5, 5.41) is 0. The maximum Gasteiger partial charge on any atom is -0.0163 e. The third kappa shape index (κ3) is 6.47. The average Bonchev–Trinajstić information content (AvgIpc) is 1.27. The molecule has 0 spiro atoms. The summed E-state index contributed by atoms with van der Waals surface area (Å²) in [6.45, 7) is 8.18. The smallest absolute Gasteiger partial charge is 0.0163 e. The molecule has 0 aromatic carbocycles. The van der Waals surface area contributed by atoms with Crippen LogP contribution in [0, 0.1) is 5.92 Å². The van der Waals surface area contributed by atoms with Gasteiger partial charge in [-0.15, -0.1) is 0 Å². The molecular formula is C6H11I. The Hall–Kier alpha value is 0.470. The van der Waals surface area contributed by atoms with E-state index in [4.69, 9.17) is 0 Å². The summed E-state index contributed by atoms with van der Waals surface area (Å²) in [5.74, 6) is 0.768. The molecule has 0 heterocycles. The Morgan fingerprint density at radius 1 is 1.71 bits per heavy atom. The number of halogens is 1. The third-order valence-corrected chi connectivity index (χ3v) is 1.07. The maximum atomic E-state index is 3.78. The summed E-state index contributed by atoms with van der Waals surface area (Å²) >= 11 is 2.26. The monoisotopic (exact) mass is 210 g/mol. The molecule has 0 aromatic heterocycles. The molecule has 1 heteroatoms. The van der Waals surface area contributed by atoms with Gasteiger partial charge in [0.25, 0.3) is 0 Å². The largest absolute Gasteiger partial charge is 0.0897 e. The van der Waals surface area contributed by atoms with E-state index in [9.17, 15) is 0 Å². The van der Waals surface area contributed by atoms with Crippen LogP contribution in [-0.4, -0.2) is 0 Å². The van der Waals surface area contributed by atoms with Crippen LogP contribution >= 0.6 is 22.6 Å². The Balaban J connectivity index is 3.13. The van der Waals surface area contributed by atoms with Gasteiger partial charge in [0.1, 0.15) is 0 Å². The molecule has 0 fully saturated rings. The van der Waals surface area contributed by atoms with Crippen molar-refractivity contribution in [2.75, 3.05) is 0 Å². The second-order valence-corrected chi connectivity index (χ2v) is 3.64. The van der Waals surface area contributed by atoms with E-state index in [0.717, 1.165) is 12.3 Å². The van der Waals surface area contributed by atoms with Gasteiger partial charge in [-0.25, -0.2) is 0 Å². The first-order valence-electron chi connectivity index (χ1n) is 2.46. The number of hydrogen-bond acceptors (Lipinski definition) is 0. The molecule has 0 aliphatic rings. The Labute approximate surface area is 59.1 Å². The zero-order valence-corrected chi connectivity index (χ0v) is 7.03. The van der Waals surface area contributed by atoms with Gasteiger partial charge in [-0.2, -0.15) is 0 Å². The first-order valence-corrected chi connectivity index (χ1v) is 3.54. The summed E-state index contributed by atoms with van der Waals surface area (Å²) < 4.78 is 1.26. The molecule has 0 nitrogen and oxygen atoms in total. The van der Waals surface area contributed by atoms with Crippen molar-refractivity contribution >= 4 is 22.6 Å². The molecule has 0 N–H and O–H groups in total. The van der Waals surface area contributed by atoms with Crippen LogP contribution in [0.5, 0.6) is 0 Å². The molecule has 7 heavy (non-hydrogen) atoms. The fraction of sp³-hybridized carbons (Fsp3) is 0.667. The number of hydrogen-bond donors (Lipinski definition) is 0. The highest BCUT2D eigenvalue weighted by Gasteiger charge is 1.91.